The SMILES string of the molecule is CCC(C)OC(=O)COc1ccc(-c2cccc3cc4ccccc4cc23)cc1. The first kappa shape index (κ1) is 19.0. The zero-order valence-corrected chi connectivity index (χ0v) is 16.7. The maximum Gasteiger partial charge on any atom is 0.344 e. The van der Waals surface area contributed by atoms with Gasteiger partial charge in [-0.2, -0.15) is 0 Å². The Bertz CT molecular complexity index is 1150. The number of benzene rings is 4. The third-order valence-electron chi connectivity index (χ3n) is 5.18. The summed E-state index contributed by atoms with van der Waals surface area (Å²) < 4.78 is 10.8. The minimum absolute atomic E-state index is 0.0794. The number of rotatable bonds is 6. The van der Waals surface area contributed by atoms with Crippen LogP contribution in [-0.2, 0) is 9.53 Å². The lowest BCUT2D eigenvalue weighted by Crippen LogP contribution is -2.20. The summed E-state index contributed by atoms with van der Waals surface area (Å²) in [7, 11) is 0. The monoisotopic (exact) mass is 384 g/mol. The summed E-state index contributed by atoms with van der Waals surface area (Å²) in [5, 5.41) is 4.91. The summed E-state index contributed by atoms with van der Waals surface area (Å²) in [6.45, 7) is 3.78. The molecule has 0 radical (unpaired) electrons. The van der Waals surface area contributed by atoms with Gasteiger partial charge < -0.3 is 9.47 Å². The fourth-order valence-corrected chi connectivity index (χ4v) is 3.43. The predicted octanol–water partition coefficient (Wildman–Crippen LogP) is 6.38. The molecule has 0 aromatic heterocycles. The van der Waals surface area contributed by atoms with E-state index in [2.05, 4.69) is 54.6 Å². The molecule has 4 rings (SSSR count). The smallest absolute Gasteiger partial charge is 0.344 e. The Hall–Kier alpha value is -3.33. The van der Waals surface area contributed by atoms with Crippen molar-refractivity contribution in [1.82, 2.24) is 0 Å². The molecule has 0 aliphatic rings. The molecule has 0 amide bonds. The molecule has 29 heavy (non-hydrogen) atoms. The van der Waals surface area contributed by atoms with E-state index in [1.165, 1.54) is 27.1 Å². The van der Waals surface area contributed by atoms with Crippen molar-refractivity contribution in [2.24, 2.45) is 0 Å². The molecule has 0 spiro atoms. The molecule has 3 heteroatoms. The minimum Gasteiger partial charge on any atom is -0.482 e. The van der Waals surface area contributed by atoms with Crippen LogP contribution in [0.15, 0.2) is 78.9 Å². The van der Waals surface area contributed by atoms with Gasteiger partial charge in [0.05, 0.1) is 6.10 Å². The second kappa shape index (κ2) is 8.36. The molecule has 1 atom stereocenters. The first-order valence-corrected chi connectivity index (χ1v) is 9.98. The number of esters is 1. The quantitative estimate of drug-likeness (QED) is 0.286. The maximum atomic E-state index is 11.8. The number of ether oxygens (including phenoxy) is 2. The highest BCUT2D eigenvalue weighted by atomic mass is 16.6. The van der Waals surface area contributed by atoms with Crippen LogP contribution in [0.5, 0.6) is 5.75 Å². The van der Waals surface area contributed by atoms with Gasteiger partial charge in [0.1, 0.15) is 5.75 Å². The molecule has 0 fully saturated rings. The molecule has 4 aromatic carbocycles. The molecule has 0 saturated carbocycles. The molecule has 3 nitrogen and oxygen atoms in total. The number of carbonyl (C=O) groups is 1. The van der Waals surface area contributed by atoms with Crippen LogP contribution in [0.3, 0.4) is 0 Å². The van der Waals surface area contributed by atoms with Crippen molar-refractivity contribution in [3.8, 4) is 16.9 Å². The van der Waals surface area contributed by atoms with Crippen LogP contribution in [0.4, 0.5) is 0 Å². The summed E-state index contributed by atoms with van der Waals surface area (Å²) >= 11 is 0. The van der Waals surface area contributed by atoms with Crippen molar-refractivity contribution >= 4 is 27.5 Å². The van der Waals surface area contributed by atoms with Gasteiger partial charge in [-0.3, -0.25) is 0 Å². The molecule has 0 aliphatic carbocycles. The van der Waals surface area contributed by atoms with E-state index < -0.39 is 0 Å². The van der Waals surface area contributed by atoms with E-state index in [1.807, 2.05) is 38.1 Å². The molecule has 0 saturated heterocycles. The van der Waals surface area contributed by atoms with Gasteiger partial charge in [0.25, 0.3) is 0 Å². The zero-order valence-electron chi connectivity index (χ0n) is 16.7. The predicted molar refractivity (Wildman–Crippen MR) is 118 cm³/mol. The van der Waals surface area contributed by atoms with E-state index in [0.717, 1.165) is 12.0 Å². The molecule has 146 valence electrons. The van der Waals surface area contributed by atoms with E-state index >= 15 is 0 Å². The second-order valence-corrected chi connectivity index (χ2v) is 7.25. The molecule has 0 bridgehead atoms. The van der Waals surface area contributed by atoms with Gasteiger partial charge in [-0.25, -0.2) is 4.79 Å². The van der Waals surface area contributed by atoms with Crippen molar-refractivity contribution in [2.45, 2.75) is 26.4 Å². The topological polar surface area (TPSA) is 35.5 Å². The van der Waals surface area contributed by atoms with Crippen LogP contribution < -0.4 is 4.74 Å². The highest BCUT2D eigenvalue weighted by Gasteiger charge is 2.09. The largest absolute Gasteiger partial charge is 0.482 e. The van der Waals surface area contributed by atoms with Gasteiger partial charge in [0, 0.05) is 0 Å². The number of hydrogen-bond acceptors (Lipinski definition) is 3. The van der Waals surface area contributed by atoms with Crippen LogP contribution in [0, 0.1) is 0 Å². The Balaban J connectivity index is 1.57. The van der Waals surface area contributed by atoms with E-state index in [4.69, 9.17) is 9.47 Å². The number of hydrogen-bond donors (Lipinski definition) is 0. The van der Waals surface area contributed by atoms with Gasteiger partial charge in [-0.15, -0.1) is 0 Å². The van der Waals surface area contributed by atoms with Crippen molar-refractivity contribution in [3.63, 3.8) is 0 Å². The summed E-state index contributed by atoms with van der Waals surface area (Å²) in [5.41, 5.74) is 2.29. The third kappa shape index (κ3) is 4.24. The number of carbonyl (C=O) groups excluding carboxylic acids is 1. The van der Waals surface area contributed by atoms with Crippen LogP contribution in [0.25, 0.3) is 32.7 Å². The van der Waals surface area contributed by atoms with Crippen molar-refractivity contribution in [3.05, 3.63) is 78.9 Å². The van der Waals surface area contributed by atoms with Crippen molar-refractivity contribution in [2.75, 3.05) is 6.61 Å². The Morgan fingerprint density at radius 3 is 2.28 bits per heavy atom. The molecular formula is C26H24O3. The maximum absolute atomic E-state index is 11.8. The average molecular weight is 384 g/mol. The Morgan fingerprint density at radius 2 is 1.55 bits per heavy atom. The lowest BCUT2D eigenvalue weighted by atomic mass is 9.95. The van der Waals surface area contributed by atoms with Crippen LogP contribution in [0.2, 0.25) is 0 Å². The first-order chi connectivity index (χ1) is 14.1. The molecule has 0 heterocycles. The molecule has 1 unspecified atom stereocenters. The summed E-state index contributed by atoms with van der Waals surface area (Å²) in [5.74, 6) is 0.310. The lowest BCUT2D eigenvalue weighted by Gasteiger charge is -2.12. The first-order valence-electron chi connectivity index (χ1n) is 9.98. The molecule has 0 N–H and O–H groups in total. The Labute approximate surface area is 170 Å². The fraction of sp³-hybridized carbons (Fsp3) is 0.192. The Kier molecular flexibility index (Phi) is 5.48. The van der Waals surface area contributed by atoms with Gasteiger partial charge >= 0.3 is 5.97 Å². The summed E-state index contributed by atoms with van der Waals surface area (Å²) in [6.07, 6.45) is 0.705. The van der Waals surface area contributed by atoms with Crippen LogP contribution >= 0.6 is 0 Å². The Morgan fingerprint density at radius 1 is 0.862 bits per heavy atom. The summed E-state index contributed by atoms with van der Waals surface area (Å²) in [6, 6.07) is 27.1. The average Bonchev–Trinajstić information content (AvgIpc) is 2.76. The van der Waals surface area contributed by atoms with Gasteiger partial charge in [0.15, 0.2) is 6.61 Å². The third-order valence-corrected chi connectivity index (χ3v) is 5.18. The molecule has 0 aliphatic heterocycles. The van der Waals surface area contributed by atoms with E-state index in [9.17, 15) is 4.79 Å². The fourth-order valence-electron chi connectivity index (χ4n) is 3.43. The van der Waals surface area contributed by atoms with E-state index in [1.54, 1.807) is 0 Å². The highest BCUT2D eigenvalue weighted by Crippen LogP contribution is 2.32. The summed E-state index contributed by atoms with van der Waals surface area (Å²) in [4.78, 5) is 11.8. The van der Waals surface area contributed by atoms with Crippen molar-refractivity contribution < 1.29 is 14.3 Å². The zero-order chi connectivity index (χ0) is 20.2. The van der Waals surface area contributed by atoms with Crippen molar-refractivity contribution in [1.29, 1.82) is 0 Å². The standard InChI is InChI=1S/C26H24O3/c1-3-18(2)29-26(27)17-28-23-13-11-19(12-14-23)24-10-6-9-22-15-20-7-4-5-8-21(20)16-25(22)24/h4-16,18H,3,17H2,1-2H3. The van der Waals surface area contributed by atoms with E-state index in [0.29, 0.717) is 5.75 Å². The van der Waals surface area contributed by atoms with Crippen LogP contribution in [-0.4, -0.2) is 18.7 Å². The molecule has 4 aromatic rings. The molecular weight excluding hydrogens is 360 g/mol. The normalized spacial score (nSPS) is 12.1. The van der Waals surface area contributed by atoms with E-state index in [-0.39, 0.29) is 18.7 Å². The van der Waals surface area contributed by atoms with Crippen LogP contribution in [0.1, 0.15) is 20.3 Å². The van der Waals surface area contributed by atoms with Gasteiger partial charge in [-0.05, 0) is 70.3 Å². The number of fused-ring (bicyclic) bond motifs is 2. The second-order valence-electron chi connectivity index (χ2n) is 7.25. The minimum atomic E-state index is -0.343. The van der Waals surface area contributed by atoms with Gasteiger partial charge in [0.2, 0.25) is 0 Å². The van der Waals surface area contributed by atoms with Gasteiger partial charge in [-0.1, -0.05) is 61.5 Å². The highest BCUT2D eigenvalue weighted by molar-refractivity contribution is 6.04. The lowest BCUT2D eigenvalue weighted by molar-refractivity contribution is -0.150.